The van der Waals surface area contributed by atoms with Gasteiger partial charge in [-0.2, -0.15) is 0 Å². The summed E-state index contributed by atoms with van der Waals surface area (Å²) < 4.78 is 21.8. The van der Waals surface area contributed by atoms with Gasteiger partial charge in [0.15, 0.2) is 9.27 Å². The Bertz CT molecular complexity index is 258. The van der Waals surface area contributed by atoms with Gasteiger partial charge in [-0.25, -0.2) is 0 Å². The van der Waals surface area contributed by atoms with Gasteiger partial charge in [0.05, 0.1) is 6.61 Å². The molecule has 0 N–H and O–H groups in total. The molecular formula is C6H8IO3P. The Morgan fingerprint density at radius 1 is 1.73 bits per heavy atom. The molecule has 0 amide bonds. The van der Waals surface area contributed by atoms with Crippen LogP contribution in [0.15, 0.2) is 16.5 Å². The van der Waals surface area contributed by atoms with Gasteiger partial charge >= 0.3 is 0 Å². The first-order valence-electron chi connectivity index (χ1n) is 3.16. The van der Waals surface area contributed by atoms with Crippen LogP contribution in [0.1, 0.15) is 6.92 Å². The number of hydrogen-bond acceptors (Lipinski definition) is 3. The molecule has 0 saturated carbocycles. The zero-order valence-electron chi connectivity index (χ0n) is 5.96. The van der Waals surface area contributed by atoms with Gasteiger partial charge < -0.3 is 8.94 Å². The molecule has 1 aromatic heterocycles. The summed E-state index contributed by atoms with van der Waals surface area (Å²) >= 11 is 2.02. The summed E-state index contributed by atoms with van der Waals surface area (Å²) in [5.74, 6) is 0. The van der Waals surface area contributed by atoms with Crippen molar-refractivity contribution in [3.8, 4) is 0 Å². The fraction of sp³-hybridized carbons (Fsp3) is 0.333. The van der Waals surface area contributed by atoms with Crippen LogP contribution in [0, 0.1) is 3.77 Å². The highest BCUT2D eigenvalue weighted by atomic mass is 127. The molecule has 62 valence electrons. The van der Waals surface area contributed by atoms with Crippen molar-refractivity contribution in [3.63, 3.8) is 0 Å². The van der Waals surface area contributed by atoms with Crippen molar-refractivity contribution in [2.45, 2.75) is 6.92 Å². The summed E-state index contributed by atoms with van der Waals surface area (Å²) in [6.45, 7) is 2.26. The van der Waals surface area contributed by atoms with E-state index in [2.05, 4.69) is 0 Å². The van der Waals surface area contributed by atoms with E-state index in [1.165, 1.54) is 0 Å². The highest BCUT2D eigenvalue weighted by Crippen LogP contribution is 2.22. The summed E-state index contributed by atoms with van der Waals surface area (Å²) in [5, 5.41) is 0. The second kappa shape index (κ2) is 4.28. The Kier molecular flexibility index (Phi) is 3.62. The highest BCUT2D eigenvalue weighted by Gasteiger charge is 2.06. The van der Waals surface area contributed by atoms with Crippen LogP contribution in [-0.4, -0.2) is 6.61 Å². The van der Waals surface area contributed by atoms with Crippen molar-refractivity contribution in [2.75, 3.05) is 6.61 Å². The molecule has 1 rings (SSSR count). The van der Waals surface area contributed by atoms with E-state index in [0.717, 1.165) is 3.77 Å². The minimum atomic E-state index is -2.12. The van der Waals surface area contributed by atoms with E-state index in [1.54, 1.807) is 19.1 Å². The number of furan rings is 1. The average Bonchev–Trinajstić information content (AvgIpc) is 2.36. The smallest absolute Gasteiger partial charge is 0.254 e. The molecule has 0 aromatic carbocycles. The van der Waals surface area contributed by atoms with Crippen LogP contribution in [0.5, 0.6) is 0 Å². The molecule has 0 fully saturated rings. The van der Waals surface area contributed by atoms with Crippen molar-refractivity contribution < 1.29 is 13.5 Å². The lowest BCUT2D eigenvalue weighted by Gasteiger charge is -1.95. The lowest BCUT2D eigenvalue weighted by molar-refractivity contribution is 0.352. The van der Waals surface area contributed by atoms with Gasteiger partial charge in [-0.15, -0.1) is 0 Å². The maximum absolute atomic E-state index is 11.1. The SMILES string of the molecule is CCO[PH](=O)c1ccc(I)o1. The molecule has 0 bridgehead atoms. The van der Waals surface area contributed by atoms with Gasteiger partial charge in [0, 0.05) is 0 Å². The van der Waals surface area contributed by atoms with E-state index in [9.17, 15) is 4.57 Å². The van der Waals surface area contributed by atoms with E-state index in [1.807, 2.05) is 22.6 Å². The van der Waals surface area contributed by atoms with Crippen molar-refractivity contribution in [2.24, 2.45) is 0 Å². The summed E-state index contributed by atoms with van der Waals surface area (Å²) in [5.41, 5.74) is 0.446. The molecule has 0 radical (unpaired) electrons. The minimum absolute atomic E-state index is 0.446. The molecule has 11 heavy (non-hydrogen) atoms. The molecule has 5 heteroatoms. The van der Waals surface area contributed by atoms with Crippen LogP contribution in [0.2, 0.25) is 0 Å². The average molecular weight is 286 g/mol. The van der Waals surface area contributed by atoms with Crippen molar-refractivity contribution in [3.05, 3.63) is 15.9 Å². The second-order valence-corrected chi connectivity index (χ2v) is 4.24. The molecule has 0 aliphatic heterocycles. The third-order valence-electron chi connectivity index (χ3n) is 1.05. The molecule has 3 nitrogen and oxygen atoms in total. The van der Waals surface area contributed by atoms with Crippen LogP contribution in [0.4, 0.5) is 0 Å². The summed E-state index contributed by atoms with van der Waals surface area (Å²) in [7, 11) is -2.12. The van der Waals surface area contributed by atoms with E-state index in [-0.39, 0.29) is 0 Å². The van der Waals surface area contributed by atoms with Crippen LogP contribution in [-0.2, 0) is 9.09 Å². The maximum atomic E-state index is 11.1. The van der Waals surface area contributed by atoms with Gasteiger partial charge in [-0.05, 0) is 41.6 Å². The van der Waals surface area contributed by atoms with Gasteiger partial charge in [0.2, 0.25) is 0 Å². The summed E-state index contributed by atoms with van der Waals surface area (Å²) in [6, 6.07) is 3.44. The van der Waals surface area contributed by atoms with E-state index in [0.29, 0.717) is 12.1 Å². The Morgan fingerprint density at radius 3 is 2.91 bits per heavy atom. The normalized spacial score (nSPS) is 13.3. The van der Waals surface area contributed by atoms with Gasteiger partial charge in [0.25, 0.3) is 8.03 Å². The zero-order valence-corrected chi connectivity index (χ0v) is 9.12. The van der Waals surface area contributed by atoms with E-state index >= 15 is 0 Å². The fourth-order valence-corrected chi connectivity index (χ4v) is 2.07. The largest absolute Gasteiger partial charge is 0.445 e. The first-order chi connectivity index (χ1) is 5.24. The molecule has 1 atom stereocenters. The Balaban J connectivity index is 2.69. The topological polar surface area (TPSA) is 39.4 Å². The van der Waals surface area contributed by atoms with Gasteiger partial charge in [-0.3, -0.25) is 4.57 Å². The minimum Gasteiger partial charge on any atom is -0.445 e. The van der Waals surface area contributed by atoms with Crippen LogP contribution in [0.3, 0.4) is 0 Å². The molecule has 0 aliphatic rings. The molecule has 1 heterocycles. The maximum Gasteiger partial charge on any atom is 0.254 e. The fourth-order valence-electron chi connectivity index (χ4n) is 0.626. The zero-order chi connectivity index (χ0) is 8.27. The quantitative estimate of drug-likeness (QED) is 0.630. The van der Waals surface area contributed by atoms with Gasteiger partial charge in [-0.1, -0.05) is 0 Å². The summed E-state index contributed by atoms with van der Waals surface area (Å²) in [6.07, 6.45) is 0. The Hall–Kier alpha value is 0.200. The molecule has 1 aromatic rings. The number of rotatable bonds is 3. The number of halogens is 1. The predicted molar refractivity (Wildman–Crippen MR) is 51.7 cm³/mol. The first kappa shape index (κ1) is 9.29. The van der Waals surface area contributed by atoms with Crippen molar-refractivity contribution in [1.82, 2.24) is 0 Å². The van der Waals surface area contributed by atoms with Crippen LogP contribution in [0.25, 0.3) is 0 Å². The monoisotopic (exact) mass is 286 g/mol. The first-order valence-corrected chi connectivity index (χ1v) is 5.56. The molecule has 0 spiro atoms. The Labute approximate surface area is 79.1 Å². The third kappa shape index (κ3) is 2.61. The third-order valence-corrected chi connectivity index (χ3v) is 2.85. The summed E-state index contributed by atoms with van der Waals surface area (Å²) in [4.78, 5) is 0. The van der Waals surface area contributed by atoms with Crippen molar-refractivity contribution in [1.29, 1.82) is 0 Å². The molecular weight excluding hydrogens is 278 g/mol. The lowest BCUT2D eigenvalue weighted by Crippen LogP contribution is -1.92. The van der Waals surface area contributed by atoms with Gasteiger partial charge in [0.1, 0.15) is 0 Å². The standard InChI is InChI=1S/C6H8IO3P/c1-2-9-11(8)6-4-3-5(7)10-6/h3-4,11H,2H2,1H3. The van der Waals surface area contributed by atoms with E-state index in [4.69, 9.17) is 8.94 Å². The van der Waals surface area contributed by atoms with E-state index < -0.39 is 8.03 Å². The lowest BCUT2D eigenvalue weighted by atomic mass is 10.7. The molecule has 0 saturated heterocycles. The number of hydrogen-bond donors (Lipinski definition) is 0. The molecule has 1 unspecified atom stereocenters. The van der Waals surface area contributed by atoms with Crippen molar-refractivity contribution >= 4 is 36.1 Å². The second-order valence-electron chi connectivity index (χ2n) is 1.82. The molecule has 0 aliphatic carbocycles. The van der Waals surface area contributed by atoms with Crippen LogP contribution >= 0.6 is 30.6 Å². The Morgan fingerprint density at radius 2 is 2.45 bits per heavy atom. The van der Waals surface area contributed by atoms with Crippen LogP contribution < -0.4 is 5.50 Å². The highest BCUT2D eigenvalue weighted by molar-refractivity contribution is 14.1. The predicted octanol–water partition coefficient (Wildman–Crippen LogP) is 2.02.